The maximum absolute atomic E-state index is 15.1. The molecule has 9 rings (SSSR count). The zero-order valence-corrected chi connectivity index (χ0v) is 42.1. The number of nitrogens with two attached hydrogens (primary N) is 1. The van der Waals surface area contributed by atoms with E-state index in [2.05, 4.69) is 59.3 Å². The second kappa shape index (κ2) is 19.3. The number of carbonyl (C=O) groups is 4. The molecule has 0 radical (unpaired) electrons. The first-order valence-electron chi connectivity index (χ1n) is 24.3. The van der Waals surface area contributed by atoms with Crippen LogP contribution in [0, 0.1) is 17.3 Å². The number of rotatable bonds is 10. The highest BCUT2D eigenvalue weighted by Crippen LogP contribution is 2.48. The van der Waals surface area contributed by atoms with Crippen molar-refractivity contribution in [2.75, 3.05) is 27.3 Å². The molecule has 4 aliphatic rings. The Morgan fingerprint density at radius 1 is 1.09 bits per heavy atom. The minimum atomic E-state index is -1.33. The predicted octanol–water partition coefficient (Wildman–Crippen LogP) is 7.16. The van der Waals surface area contributed by atoms with Crippen LogP contribution in [-0.2, 0) is 54.5 Å². The molecular weight excluding hydrogens is 905 g/mol. The van der Waals surface area contributed by atoms with E-state index in [4.69, 9.17) is 20.2 Å². The molecule has 6 bridgehead atoms. The average Bonchev–Trinajstić information content (AvgIpc) is 4.10. The summed E-state index contributed by atoms with van der Waals surface area (Å²) in [7, 11) is 3.29. The van der Waals surface area contributed by atoms with Gasteiger partial charge in [-0.3, -0.25) is 29.4 Å². The Balaban J connectivity index is 1.14. The predicted molar refractivity (Wildman–Crippen MR) is 270 cm³/mol. The molecule has 368 valence electrons. The van der Waals surface area contributed by atoms with Crippen LogP contribution in [0.3, 0.4) is 0 Å². The number of aromatic hydroxyl groups is 1. The van der Waals surface area contributed by atoms with Crippen LogP contribution < -0.4 is 16.5 Å². The quantitative estimate of drug-likeness (QED) is 0.103. The van der Waals surface area contributed by atoms with Crippen molar-refractivity contribution in [3.05, 3.63) is 111 Å². The maximum atomic E-state index is 15.1. The number of esters is 1. The van der Waals surface area contributed by atoms with Crippen LogP contribution >= 0.6 is 11.8 Å². The second-order valence-corrected chi connectivity index (χ2v) is 21.4. The van der Waals surface area contributed by atoms with Gasteiger partial charge in [0.2, 0.25) is 11.8 Å². The largest absolute Gasteiger partial charge is 0.508 e. The van der Waals surface area contributed by atoms with Crippen LogP contribution in [0.2, 0.25) is 0 Å². The van der Waals surface area contributed by atoms with E-state index in [-0.39, 0.29) is 43.3 Å². The summed E-state index contributed by atoms with van der Waals surface area (Å²) in [6.45, 7) is 13.0. The third kappa shape index (κ3) is 9.10. The third-order valence-corrected chi connectivity index (χ3v) is 15.4. The molecule has 5 N–H and O–H groups in total. The van der Waals surface area contributed by atoms with Gasteiger partial charge in [0.15, 0.2) is 5.54 Å². The lowest BCUT2D eigenvalue weighted by molar-refractivity contribution is -0.160. The number of amides is 3. The van der Waals surface area contributed by atoms with Gasteiger partial charge in [0.05, 0.1) is 30.0 Å². The SMILES string of the molecule is CCn1c(-c2cccnc2[C@H](C)OC)c2c3cc(ccc31)-c1cc(O)cc(c1)C[C@H](NC(=O)[C@H](C(C)C)N(C)C(=O)[C@H]1Cc3ccncc3[C@H]1N)C(=O)N1CCC[C@@](C3=CS3)(N1)C(=O)OCC(C)(C)C2. The first-order valence-corrected chi connectivity index (χ1v) is 25.2. The van der Waals surface area contributed by atoms with E-state index >= 15 is 4.79 Å². The van der Waals surface area contributed by atoms with Crippen molar-refractivity contribution in [1.29, 1.82) is 0 Å². The Hall–Kier alpha value is -6.07. The highest BCUT2D eigenvalue weighted by atomic mass is 32.2. The van der Waals surface area contributed by atoms with Gasteiger partial charge in [-0.05, 0) is 127 Å². The Morgan fingerprint density at radius 2 is 1.87 bits per heavy atom. The van der Waals surface area contributed by atoms with Gasteiger partial charge in [-0.1, -0.05) is 51.6 Å². The van der Waals surface area contributed by atoms with Gasteiger partial charge in [-0.25, -0.2) is 10.2 Å². The number of hydrogen-bond acceptors (Lipinski definition) is 12. The van der Waals surface area contributed by atoms with E-state index < -0.39 is 52.8 Å². The molecule has 1 aliphatic carbocycles. The summed E-state index contributed by atoms with van der Waals surface area (Å²) in [4.78, 5) is 70.2. The fourth-order valence-corrected chi connectivity index (χ4v) is 11.7. The minimum absolute atomic E-state index is 0.00806. The third-order valence-electron chi connectivity index (χ3n) is 14.6. The Labute approximate surface area is 413 Å². The molecule has 0 unspecified atom stereocenters. The summed E-state index contributed by atoms with van der Waals surface area (Å²) in [6, 6.07) is 14.7. The normalized spacial score (nSPS) is 23.0. The molecule has 2 aromatic carbocycles. The molecular formula is C54H64N8O7S. The number of fused-ring (bicyclic) bond motifs is 7. The van der Waals surface area contributed by atoms with Gasteiger partial charge >= 0.3 is 5.97 Å². The summed E-state index contributed by atoms with van der Waals surface area (Å²) in [5.74, 6) is -2.72. The lowest BCUT2D eigenvalue weighted by Crippen LogP contribution is -2.67. The number of phenolic OH excluding ortho intramolecular Hbond substituents is 1. The molecule has 3 amide bonds. The van der Waals surface area contributed by atoms with Crippen molar-refractivity contribution in [2.24, 2.45) is 23.0 Å². The van der Waals surface area contributed by atoms with E-state index in [0.29, 0.717) is 37.8 Å². The number of phenols is 1. The molecule has 3 aromatic heterocycles. The molecule has 6 atom stereocenters. The van der Waals surface area contributed by atoms with Crippen molar-refractivity contribution >= 4 is 46.4 Å². The topological polar surface area (TPSA) is 194 Å². The van der Waals surface area contributed by atoms with E-state index in [0.717, 1.165) is 60.6 Å². The number of ether oxygens (including phenoxy) is 2. The summed E-state index contributed by atoms with van der Waals surface area (Å²) in [5, 5.41) is 18.8. The van der Waals surface area contributed by atoms with Crippen LogP contribution in [-0.4, -0.2) is 98.2 Å². The molecule has 70 heavy (non-hydrogen) atoms. The molecule has 16 heteroatoms. The number of cyclic esters (lactones) is 1. The van der Waals surface area contributed by atoms with Gasteiger partial charge in [0.25, 0.3) is 5.91 Å². The molecule has 0 spiro atoms. The second-order valence-electron chi connectivity index (χ2n) is 20.4. The molecule has 15 nitrogen and oxygen atoms in total. The minimum Gasteiger partial charge on any atom is -0.508 e. The number of nitrogens with one attached hydrogen (secondary N) is 2. The van der Waals surface area contributed by atoms with Gasteiger partial charge in [0, 0.05) is 85.1 Å². The first-order chi connectivity index (χ1) is 33.4. The van der Waals surface area contributed by atoms with E-state index in [1.54, 1.807) is 44.9 Å². The van der Waals surface area contributed by atoms with Crippen LogP contribution in [0.5, 0.6) is 5.75 Å². The van der Waals surface area contributed by atoms with Gasteiger partial charge in [0.1, 0.15) is 17.8 Å². The molecule has 0 saturated carbocycles. The lowest BCUT2D eigenvalue weighted by atomic mass is 9.83. The molecule has 3 aliphatic heterocycles. The fourth-order valence-electron chi connectivity index (χ4n) is 11.0. The fraction of sp³-hybridized carbons (Fsp3) is 0.444. The summed E-state index contributed by atoms with van der Waals surface area (Å²) >= 11 is 1.44. The van der Waals surface area contributed by atoms with E-state index in [1.807, 2.05) is 50.4 Å². The van der Waals surface area contributed by atoms with Gasteiger partial charge in [-0.2, -0.15) is 0 Å². The Kier molecular flexibility index (Phi) is 13.5. The van der Waals surface area contributed by atoms with Crippen LogP contribution in [0.15, 0.2) is 83.5 Å². The standard InChI is InChI=1S/C54H64N8O7S/c1-9-61-43-14-13-33-24-38(43)40(48(61)37-12-10-17-57-46(37)31(4)68-8)26-53(5,6)29-69-52(67)54(44-28-70-44)16-11-19-62(59-54)51(66)42(22-32-20-35(33)23-36(63)21-32)58-49(64)47(30(2)3)60(7)50(65)39-25-34-15-18-56-27-41(34)45(39)55/h10,12-15,17-18,20-21,23-24,27-28,30-31,39,42,45,47,59,63H,9,11,16,19,22,25-26,29,55H2,1-8H3,(H,58,64)/t31-,39-,42-,45-,47-,54-/m0/s1. The average molecular weight is 969 g/mol. The highest BCUT2D eigenvalue weighted by Gasteiger charge is 2.52. The Morgan fingerprint density at radius 3 is 2.59 bits per heavy atom. The number of thioether (sulfide) groups is 1. The van der Waals surface area contributed by atoms with Gasteiger partial charge in [-0.15, -0.1) is 0 Å². The van der Waals surface area contributed by atoms with Crippen molar-refractivity contribution in [3.8, 4) is 28.1 Å². The van der Waals surface area contributed by atoms with Crippen molar-refractivity contribution < 1.29 is 33.8 Å². The number of hydrazine groups is 1. The number of benzene rings is 2. The summed E-state index contributed by atoms with van der Waals surface area (Å²) in [5.41, 5.74) is 16.8. The highest BCUT2D eigenvalue weighted by molar-refractivity contribution is 8.12. The summed E-state index contributed by atoms with van der Waals surface area (Å²) in [6.07, 6.45) is 6.67. The first kappa shape index (κ1) is 48.9. The van der Waals surface area contributed by atoms with Crippen molar-refractivity contribution in [2.45, 2.75) is 110 Å². The maximum Gasteiger partial charge on any atom is 0.333 e. The number of carbonyl (C=O) groups excluding carboxylic acids is 4. The van der Waals surface area contributed by atoms with Crippen LogP contribution in [0.1, 0.15) is 94.5 Å². The number of nitrogens with zero attached hydrogens (tertiary/aromatic N) is 5. The number of methoxy groups -OCH3 is 1. The van der Waals surface area contributed by atoms with Gasteiger partial charge < -0.3 is 35.1 Å². The molecule has 1 saturated heterocycles. The molecule has 1 fully saturated rings. The van der Waals surface area contributed by atoms with E-state index in [1.165, 1.54) is 21.7 Å². The number of aryl methyl sites for hydroxylation is 1. The smallest absolute Gasteiger partial charge is 0.333 e. The lowest BCUT2D eigenvalue weighted by Gasteiger charge is -2.42. The number of pyridine rings is 2. The van der Waals surface area contributed by atoms with Crippen LogP contribution in [0.25, 0.3) is 33.3 Å². The number of aromatic nitrogens is 3. The molecule has 5 aromatic rings. The monoisotopic (exact) mass is 968 g/mol. The summed E-state index contributed by atoms with van der Waals surface area (Å²) < 4.78 is 14.5. The Bertz CT molecular complexity index is 2910. The zero-order chi connectivity index (χ0) is 49.8. The van der Waals surface area contributed by atoms with Crippen LogP contribution in [0.4, 0.5) is 0 Å². The molecule has 6 heterocycles. The zero-order valence-electron chi connectivity index (χ0n) is 41.2. The van der Waals surface area contributed by atoms with E-state index in [9.17, 15) is 19.5 Å². The number of hydrogen-bond donors (Lipinski definition) is 4. The van der Waals surface area contributed by atoms with Crippen molar-refractivity contribution in [3.63, 3.8) is 0 Å². The van der Waals surface area contributed by atoms with Crippen molar-refractivity contribution in [1.82, 2.24) is 35.2 Å². The number of likely N-dealkylation sites (N-methyl/N-ethyl adjacent to an activating group) is 1.